The molecule has 3 aromatic carbocycles. The third-order valence-corrected chi connectivity index (χ3v) is 12.9. The zero-order valence-corrected chi connectivity index (χ0v) is 26.6. The summed E-state index contributed by atoms with van der Waals surface area (Å²) in [5.41, 5.74) is 8.90. The van der Waals surface area contributed by atoms with E-state index in [0.29, 0.717) is 39.2 Å². The lowest BCUT2D eigenvalue weighted by Crippen LogP contribution is -2.43. The Hall–Kier alpha value is -4.83. The molecule has 0 aliphatic carbocycles. The topological polar surface area (TPSA) is 109 Å². The molecule has 44 heavy (non-hydrogen) atoms. The molecular weight excluding hydrogens is 573 g/mol. The van der Waals surface area contributed by atoms with E-state index >= 15 is 4.39 Å². The maximum absolute atomic E-state index is 15.1. The summed E-state index contributed by atoms with van der Waals surface area (Å²) in [7, 11) is -2.26. The number of halogens is 1. The highest BCUT2D eigenvalue weighted by atomic mass is 28.4. The number of benzene rings is 3. The van der Waals surface area contributed by atoms with Crippen molar-refractivity contribution in [2.75, 3.05) is 5.73 Å². The monoisotopic (exact) mass is 607 g/mol. The Morgan fingerprint density at radius 1 is 0.955 bits per heavy atom. The van der Waals surface area contributed by atoms with E-state index in [1.165, 1.54) is 18.5 Å². The summed E-state index contributed by atoms with van der Waals surface area (Å²) in [6.07, 6.45) is 1.36. The van der Waals surface area contributed by atoms with E-state index in [9.17, 15) is 4.79 Å². The van der Waals surface area contributed by atoms with Crippen molar-refractivity contribution in [2.45, 2.75) is 51.9 Å². The molecule has 3 aromatic heterocycles. The van der Waals surface area contributed by atoms with Crippen LogP contribution in [0, 0.1) is 5.82 Å². The molecule has 1 atom stereocenters. The number of rotatable bonds is 6. The van der Waals surface area contributed by atoms with Crippen molar-refractivity contribution in [3.05, 3.63) is 101 Å². The van der Waals surface area contributed by atoms with Gasteiger partial charge in [-0.25, -0.2) is 23.8 Å². The van der Waals surface area contributed by atoms with E-state index in [4.69, 9.17) is 19.7 Å². The van der Waals surface area contributed by atoms with E-state index < -0.39 is 25.8 Å². The second kappa shape index (κ2) is 10.7. The van der Waals surface area contributed by atoms with Crippen LogP contribution in [0.1, 0.15) is 39.5 Å². The number of fused-ring (bicyclic) bond motifs is 2. The van der Waals surface area contributed by atoms with E-state index in [2.05, 4.69) is 43.8 Å². The second-order valence-corrected chi connectivity index (χ2v) is 17.2. The van der Waals surface area contributed by atoms with Crippen LogP contribution >= 0.6 is 0 Å². The molecule has 0 saturated carbocycles. The van der Waals surface area contributed by atoms with Crippen molar-refractivity contribution < 1.29 is 13.2 Å². The average molecular weight is 608 g/mol. The van der Waals surface area contributed by atoms with Crippen LogP contribution in [0.25, 0.3) is 44.2 Å². The Morgan fingerprint density at radius 2 is 1.64 bits per heavy atom. The molecule has 0 aliphatic rings. The number of hydrogen-bond acceptors (Lipinski definition) is 7. The Bertz CT molecular complexity index is 2080. The second-order valence-electron chi connectivity index (χ2n) is 12.5. The highest BCUT2D eigenvalue weighted by molar-refractivity contribution is 6.74. The molecule has 224 valence electrons. The molecular formula is C34H34FN5O3Si. The number of aromatic nitrogens is 4. The van der Waals surface area contributed by atoms with E-state index in [0.717, 1.165) is 16.5 Å². The molecule has 0 saturated heterocycles. The van der Waals surface area contributed by atoms with Crippen LogP contribution in [0.2, 0.25) is 18.1 Å². The SMILES string of the molecule is C[C@@H](c1oc(=O)c2ccccc2c1-c1ccccc1)n1nc(-c2cc(F)cc(O[Si](C)(C)C(C)(C)C)c2)c2c(N)ncnc21. The molecule has 0 radical (unpaired) electrons. The Kier molecular flexibility index (Phi) is 7.12. The van der Waals surface area contributed by atoms with Crippen LogP contribution in [0.15, 0.2) is 88.3 Å². The fraction of sp³-hybridized carbons (Fsp3) is 0.235. The lowest BCUT2D eigenvalue weighted by atomic mass is 9.96. The summed E-state index contributed by atoms with van der Waals surface area (Å²) in [6, 6.07) is 21.1. The minimum Gasteiger partial charge on any atom is -0.543 e. The number of nitrogens with two attached hydrogens (primary N) is 1. The largest absolute Gasteiger partial charge is 0.543 e. The first-order valence-corrected chi connectivity index (χ1v) is 17.4. The molecule has 10 heteroatoms. The molecule has 8 nitrogen and oxygen atoms in total. The zero-order chi connectivity index (χ0) is 31.4. The molecule has 0 unspecified atom stereocenters. The summed E-state index contributed by atoms with van der Waals surface area (Å²) in [4.78, 5) is 22.0. The van der Waals surface area contributed by atoms with Crippen LogP contribution in [-0.2, 0) is 0 Å². The van der Waals surface area contributed by atoms with E-state index in [-0.39, 0.29) is 10.9 Å². The fourth-order valence-electron chi connectivity index (χ4n) is 5.20. The van der Waals surface area contributed by atoms with Crippen molar-refractivity contribution in [3.8, 4) is 28.1 Å². The van der Waals surface area contributed by atoms with Gasteiger partial charge in [-0.15, -0.1) is 0 Å². The first kappa shape index (κ1) is 29.2. The molecule has 0 spiro atoms. The minimum absolute atomic E-state index is 0.0817. The van der Waals surface area contributed by atoms with Crippen molar-refractivity contribution in [1.82, 2.24) is 19.7 Å². The van der Waals surface area contributed by atoms with Gasteiger partial charge in [-0.1, -0.05) is 69.3 Å². The number of nitrogen functional groups attached to an aromatic ring is 1. The van der Waals surface area contributed by atoms with Crippen LogP contribution in [0.3, 0.4) is 0 Å². The van der Waals surface area contributed by atoms with Crippen LogP contribution in [0.4, 0.5) is 10.2 Å². The molecule has 2 N–H and O–H groups in total. The van der Waals surface area contributed by atoms with Gasteiger partial charge in [0.1, 0.15) is 41.2 Å². The molecule has 6 aromatic rings. The standard InChI is InChI=1S/C34H34FN5O3Si/c1-20(30-27(21-12-8-7-9-13-21)25-14-10-11-15-26(25)33(41)42-30)40-32-28(31(36)37-19-38-32)29(39-40)22-16-23(35)18-24(17-22)43-44(5,6)34(2,3)4/h7-20H,1-6H3,(H2,36,37,38)/t20-/m0/s1. The summed E-state index contributed by atoms with van der Waals surface area (Å²) < 4.78 is 29.3. The summed E-state index contributed by atoms with van der Waals surface area (Å²) in [5, 5.41) is 6.56. The van der Waals surface area contributed by atoms with Gasteiger partial charge in [0.25, 0.3) is 0 Å². The number of nitrogens with zero attached hydrogens (tertiary/aromatic N) is 4. The normalized spacial score (nSPS) is 13.0. The van der Waals surface area contributed by atoms with Gasteiger partial charge in [0.15, 0.2) is 5.65 Å². The molecule has 0 bridgehead atoms. The quantitative estimate of drug-likeness (QED) is 0.191. The molecule has 0 aliphatic heterocycles. The maximum atomic E-state index is 15.1. The smallest absolute Gasteiger partial charge is 0.343 e. The van der Waals surface area contributed by atoms with Crippen LogP contribution in [0.5, 0.6) is 5.75 Å². The highest BCUT2D eigenvalue weighted by Crippen LogP contribution is 2.41. The Labute approximate surface area is 255 Å². The maximum Gasteiger partial charge on any atom is 0.343 e. The molecule has 3 heterocycles. The van der Waals surface area contributed by atoms with Crippen molar-refractivity contribution in [1.29, 1.82) is 0 Å². The summed E-state index contributed by atoms with van der Waals surface area (Å²) in [6.45, 7) is 12.5. The minimum atomic E-state index is -2.26. The average Bonchev–Trinajstić information content (AvgIpc) is 3.37. The third kappa shape index (κ3) is 5.04. The lowest BCUT2D eigenvalue weighted by molar-refractivity contribution is 0.405. The number of anilines is 1. The molecule has 6 rings (SSSR count). The molecule has 0 amide bonds. The zero-order valence-electron chi connectivity index (χ0n) is 25.6. The van der Waals surface area contributed by atoms with Gasteiger partial charge in [-0.05, 0) is 48.8 Å². The number of hydrogen-bond donors (Lipinski definition) is 1. The predicted octanol–water partition coefficient (Wildman–Crippen LogP) is 7.98. The lowest BCUT2D eigenvalue weighted by Gasteiger charge is -2.36. The van der Waals surface area contributed by atoms with Crippen molar-refractivity contribution >= 4 is 35.9 Å². The first-order chi connectivity index (χ1) is 20.9. The fourth-order valence-corrected chi connectivity index (χ4v) is 6.21. The van der Waals surface area contributed by atoms with Crippen LogP contribution in [-0.4, -0.2) is 28.1 Å². The highest BCUT2D eigenvalue weighted by Gasteiger charge is 2.39. The molecule has 0 fully saturated rings. The van der Waals surface area contributed by atoms with Gasteiger partial charge in [-0.2, -0.15) is 5.10 Å². The van der Waals surface area contributed by atoms with Gasteiger partial charge in [0.2, 0.25) is 8.32 Å². The Morgan fingerprint density at radius 3 is 2.34 bits per heavy atom. The van der Waals surface area contributed by atoms with E-state index in [1.807, 2.05) is 55.5 Å². The summed E-state index contributed by atoms with van der Waals surface area (Å²) >= 11 is 0. The van der Waals surface area contributed by atoms with Gasteiger partial charge in [0, 0.05) is 22.6 Å². The Balaban J connectivity index is 1.56. The summed E-state index contributed by atoms with van der Waals surface area (Å²) in [5.74, 6) is 0.566. The predicted molar refractivity (Wildman–Crippen MR) is 175 cm³/mol. The van der Waals surface area contributed by atoms with Gasteiger partial charge in [0.05, 0.1) is 10.8 Å². The van der Waals surface area contributed by atoms with Gasteiger partial charge < -0.3 is 14.6 Å². The first-order valence-electron chi connectivity index (χ1n) is 14.5. The van der Waals surface area contributed by atoms with E-state index in [1.54, 1.807) is 16.8 Å². The van der Waals surface area contributed by atoms with Crippen molar-refractivity contribution in [3.63, 3.8) is 0 Å². The van der Waals surface area contributed by atoms with Gasteiger partial charge >= 0.3 is 5.63 Å². The van der Waals surface area contributed by atoms with Crippen molar-refractivity contribution in [2.24, 2.45) is 0 Å². The third-order valence-electron chi connectivity index (χ3n) is 8.52. The van der Waals surface area contributed by atoms with Gasteiger partial charge in [-0.3, -0.25) is 0 Å². The van der Waals surface area contributed by atoms with Crippen LogP contribution < -0.4 is 15.8 Å².